The molecule has 2 aromatic carbocycles. The van der Waals surface area contributed by atoms with Gasteiger partial charge in [-0.15, -0.1) is 0 Å². The minimum atomic E-state index is -0.393. The summed E-state index contributed by atoms with van der Waals surface area (Å²) in [5.74, 6) is -0.135. The number of piperazine rings is 1. The molecule has 7 heteroatoms. The van der Waals surface area contributed by atoms with E-state index in [1.165, 1.54) is 0 Å². The Hall–Kier alpha value is -3.71. The molecule has 176 valence electrons. The summed E-state index contributed by atoms with van der Waals surface area (Å²) in [5, 5.41) is 6.16. The normalized spacial score (nSPS) is 16.2. The summed E-state index contributed by atoms with van der Waals surface area (Å²) in [7, 11) is 1.64. The van der Waals surface area contributed by atoms with Gasteiger partial charge in [0.25, 0.3) is 5.91 Å². The number of nitrogens with zero attached hydrogens (tertiary/aromatic N) is 3. The number of hydrogen-bond acceptors (Lipinski definition) is 5. The molecule has 0 saturated carbocycles. The van der Waals surface area contributed by atoms with Crippen LogP contribution in [0.25, 0.3) is 0 Å². The lowest BCUT2D eigenvalue weighted by Crippen LogP contribution is -2.59. The van der Waals surface area contributed by atoms with Crippen molar-refractivity contribution >= 4 is 17.5 Å². The quantitative estimate of drug-likeness (QED) is 0.570. The molecule has 1 aliphatic rings. The van der Waals surface area contributed by atoms with Crippen LogP contribution in [0.3, 0.4) is 0 Å². The van der Waals surface area contributed by atoms with Crippen LogP contribution in [0.2, 0.25) is 0 Å². The molecule has 2 heterocycles. The number of aryl methyl sites for hydroxylation is 1. The molecule has 2 N–H and O–H groups in total. The lowest BCUT2D eigenvalue weighted by Gasteiger charge is -2.40. The average Bonchev–Trinajstić information content (AvgIpc) is 2.89. The highest BCUT2D eigenvalue weighted by molar-refractivity contribution is 5.96. The Labute approximate surface area is 200 Å². The smallest absolute Gasteiger partial charge is 0.254 e. The van der Waals surface area contributed by atoms with Gasteiger partial charge in [0.15, 0.2) is 0 Å². The van der Waals surface area contributed by atoms with Crippen molar-refractivity contribution in [1.29, 1.82) is 0 Å². The number of aromatic nitrogens is 1. The topological polar surface area (TPSA) is 77.6 Å². The Morgan fingerprint density at radius 2 is 1.82 bits per heavy atom. The van der Waals surface area contributed by atoms with Crippen molar-refractivity contribution in [3.8, 4) is 0 Å². The minimum absolute atomic E-state index is 0.0610. The Balaban J connectivity index is 1.46. The van der Waals surface area contributed by atoms with Crippen molar-refractivity contribution < 1.29 is 9.59 Å². The summed E-state index contributed by atoms with van der Waals surface area (Å²) in [5.41, 5.74) is 4.66. The van der Waals surface area contributed by atoms with E-state index in [4.69, 9.17) is 0 Å². The molecule has 0 bridgehead atoms. The number of likely N-dealkylation sites (N-methyl/N-ethyl adjacent to an activating group) is 1. The third-order valence-corrected chi connectivity index (χ3v) is 6.23. The first-order chi connectivity index (χ1) is 16.5. The van der Waals surface area contributed by atoms with E-state index in [0.717, 1.165) is 22.5 Å². The maximum absolute atomic E-state index is 13.4. The maximum atomic E-state index is 13.4. The third-order valence-electron chi connectivity index (χ3n) is 6.23. The van der Waals surface area contributed by atoms with Gasteiger partial charge in [0.2, 0.25) is 5.91 Å². The second-order valence-electron chi connectivity index (χ2n) is 8.54. The molecule has 3 aromatic rings. The molecule has 7 nitrogen and oxygen atoms in total. The molecule has 1 aliphatic heterocycles. The van der Waals surface area contributed by atoms with Crippen LogP contribution >= 0.6 is 0 Å². The van der Waals surface area contributed by atoms with Crippen LogP contribution in [0.5, 0.6) is 0 Å². The Morgan fingerprint density at radius 3 is 2.56 bits per heavy atom. The van der Waals surface area contributed by atoms with E-state index in [0.29, 0.717) is 38.3 Å². The van der Waals surface area contributed by atoms with Gasteiger partial charge in [0.1, 0.15) is 6.04 Å². The molecule has 0 spiro atoms. The lowest BCUT2D eigenvalue weighted by atomic mass is 10.1. The molecule has 1 aromatic heterocycles. The molecule has 34 heavy (non-hydrogen) atoms. The zero-order chi connectivity index (χ0) is 23.9. The number of carbonyl (C=O) groups excluding carboxylic acids is 2. The van der Waals surface area contributed by atoms with E-state index >= 15 is 0 Å². The number of rotatable bonds is 7. The van der Waals surface area contributed by atoms with Gasteiger partial charge >= 0.3 is 0 Å². The average molecular weight is 458 g/mol. The predicted octanol–water partition coefficient (Wildman–Crippen LogP) is 3.07. The monoisotopic (exact) mass is 457 g/mol. The molecule has 1 fully saturated rings. The van der Waals surface area contributed by atoms with Gasteiger partial charge in [0.05, 0.1) is 12.2 Å². The summed E-state index contributed by atoms with van der Waals surface area (Å²) in [4.78, 5) is 34.4. The van der Waals surface area contributed by atoms with E-state index in [2.05, 4.69) is 32.7 Å². The van der Waals surface area contributed by atoms with Crippen LogP contribution in [0.15, 0.2) is 72.9 Å². The van der Waals surface area contributed by atoms with Crippen LogP contribution < -0.4 is 10.6 Å². The van der Waals surface area contributed by atoms with Crippen molar-refractivity contribution in [3.63, 3.8) is 0 Å². The first-order valence-corrected chi connectivity index (χ1v) is 11.6. The molecule has 1 atom stereocenters. The summed E-state index contributed by atoms with van der Waals surface area (Å²) in [6.07, 6.45) is 1.77. The van der Waals surface area contributed by atoms with Gasteiger partial charge in [-0.2, -0.15) is 0 Å². The zero-order valence-corrected chi connectivity index (χ0v) is 19.7. The zero-order valence-electron chi connectivity index (χ0n) is 19.7. The molecular weight excluding hydrogens is 426 g/mol. The van der Waals surface area contributed by atoms with Crippen molar-refractivity contribution in [1.82, 2.24) is 20.1 Å². The Kier molecular flexibility index (Phi) is 7.54. The van der Waals surface area contributed by atoms with Crippen molar-refractivity contribution in [2.45, 2.75) is 26.1 Å². The van der Waals surface area contributed by atoms with Gasteiger partial charge < -0.3 is 15.5 Å². The molecular formula is C27H31N5O2. The number of carbonyl (C=O) groups is 2. The maximum Gasteiger partial charge on any atom is 0.254 e. The van der Waals surface area contributed by atoms with Gasteiger partial charge in [-0.25, -0.2) is 0 Å². The number of nitrogens with one attached hydrogen (secondary N) is 2. The van der Waals surface area contributed by atoms with E-state index in [9.17, 15) is 9.59 Å². The van der Waals surface area contributed by atoms with Crippen LogP contribution in [0.4, 0.5) is 5.69 Å². The van der Waals surface area contributed by atoms with Gasteiger partial charge in [-0.1, -0.05) is 42.5 Å². The highest BCUT2D eigenvalue weighted by atomic mass is 16.2. The van der Waals surface area contributed by atoms with Gasteiger partial charge in [0, 0.05) is 50.7 Å². The highest BCUT2D eigenvalue weighted by Gasteiger charge is 2.34. The molecule has 1 saturated heterocycles. The molecule has 0 radical (unpaired) electrons. The highest BCUT2D eigenvalue weighted by Crippen LogP contribution is 2.21. The second kappa shape index (κ2) is 10.9. The molecule has 4 rings (SSSR count). The van der Waals surface area contributed by atoms with Gasteiger partial charge in [-0.3, -0.25) is 19.5 Å². The largest absolute Gasteiger partial charge is 0.379 e. The number of benzene rings is 2. The van der Waals surface area contributed by atoms with Crippen molar-refractivity contribution in [3.05, 3.63) is 95.3 Å². The molecule has 2 amide bonds. The summed E-state index contributed by atoms with van der Waals surface area (Å²) >= 11 is 0. The lowest BCUT2D eigenvalue weighted by molar-refractivity contribution is -0.128. The van der Waals surface area contributed by atoms with E-state index in [-0.39, 0.29) is 11.8 Å². The number of anilines is 1. The number of pyridine rings is 1. The van der Waals surface area contributed by atoms with Crippen LogP contribution in [0, 0.1) is 6.92 Å². The molecule has 0 unspecified atom stereocenters. The molecule has 0 aliphatic carbocycles. The fourth-order valence-electron chi connectivity index (χ4n) is 4.24. The second-order valence-corrected chi connectivity index (χ2v) is 8.54. The summed E-state index contributed by atoms with van der Waals surface area (Å²) in [6, 6.07) is 21.2. The summed E-state index contributed by atoms with van der Waals surface area (Å²) in [6.45, 7) is 4.83. The Morgan fingerprint density at radius 1 is 1.03 bits per heavy atom. The first kappa shape index (κ1) is 23.4. The van der Waals surface area contributed by atoms with E-state index in [1.54, 1.807) is 18.1 Å². The predicted molar refractivity (Wildman–Crippen MR) is 133 cm³/mol. The standard InChI is InChI=1S/C27H31N5O2/c1-20-11-12-22(16-24(20)30-17-23-10-6-7-13-29-23)27(34)32-15-14-31(25(19-32)26(33)28-2)18-21-8-4-3-5-9-21/h3-13,16,25,30H,14-15,17-19H2,1-2H3,(H,28,33)/t25-/m0/s1. The van der Waals surface area contributed by atoms with Crippen LogP contribution in [-0.2, 0) is 17.9 Å². The first-order valence-electron chi connectivity index (χ1n) is 11.6. The SMILES string of the molecule is CNC(=O)[C@@H]1CN(C(=O)c2ccc(C)c(NCc3ccccn3)c2)CCN1Cc1ccccc1. The summed E-state index contributed by atoms with van der Waals surface area (Å²) < 4.78 is 0. The van der Waals surface area contributed by atoms with Crippen molar-refractivity contribution in [2.75, 3.05) is 32.0 Å². The van der Waals surface area contributed by atoms with Gasteiger partial charge in [-0.05, 0) is 42.3 Å². The third kappa shape index (κ3) is 5.61. The number of amides is 2. The van der Waals surface area contributed by atoms with E-state index < -0.39 is 6.04 Å². The van der Waals surface area contributed by atoms with Crippen LogP contribution in [0.1, 0.15) is 27.2 Å². The van der Waals surface area contributed by atoms with E-state index in [1.807, 2.05) is 61.5 Å². The van der Waals surface area contributed by atoms with Crippen LogP contribution in [-0.4, -0.2) is 59.3 Å². The van der Waals surface area contributed by atoms with Crippen molar-refractivity contribution in [2.24, 2.45) is 0 Å². The fraction of sp³-hybridized carbons (Fsp3) is 0.296. The fourth-order valence-corrected chi connectivity index (χ4v) is 4.24. The Bertz CT molecular complexity index is 1120. The minimum Gasteiger partial charge on any atom is -0.379 e. The number of hydrogen-bond donors (Lipinski definition) is 2.